The number of halogens is 3. The highest BCUT2D eigenvalue weighted by Gasteiger charge is 2.45. The number of nitrogens with one attached hydrogen (secondary N) is 3. The Bertz CT molecular complexity index is 2400. The number of unbranched alkanes of at least 4 members (excludes halogenated alkanes) is 6. The van der Waals surface area contributed by atoms with Crippen LogP contribution in [0.3, 0.4) is 0 Å². The summed E-state index contributed by atoms with van der Waals surface area (Å²) >= 11 is 0. The van der Waals surface area contributed by atoms with Gasteiger partial charge in [0.25, 0.3) is 0 Å². The fraction of sp³-hybridized carbons (Fsp3) is 0.673. The molecule has 16 nitrogen and oxygen atoms in total. The van der Waals surface area contributed by atoms with Crippen molar-refractivity contribution in [3.8, 4) is 0 Å². The molecule has 0 spiro atoms. The van der Waals surface area contributed by atoms with Gasteiger partial charge in [0.15, 0.2) is 0 Å². The Morgan fingerprint density at radius 3 is 2.28 bits per heavy atom. The number of rotatable bonds is 20. The summed E-state index contributed by atoms with van der Waals surface area (Å²) in [5.74, 6) is -0.340. The predicted molar refractivity (Wildman–Crippen MR) is 276 cm³/mol. The van der Waals surface area contributed by atoms with Crippen LogP contribution in [0, 0.1) is 11.8 Å². The minimum atomic E-state index is -4.54. The molecule has 5 amide bonds. The third-order valence-corrected chi connectivity index (χ3v) is 17.0. The first-order valence-electron chi connectivity index (χ1n) is 27.4. The highest BCUT2D eigenvalue weighted by molar-refractivity contribution is 5.93. The summed E-state index contributed by atoms with van der Waals surface area (Å²) in [4.78, 5) is 89.9. The standard InChI is InChI=1S/C55H78F3N11O5/c1-36(2)65(3)41-16-18-47(69-30-23-45(54(69)74)63-51-42-31-39(55(56,57)58)15-17-44(42)61-35-62-51)46(32-41)64-52(72)37-19-26-67(27-20-37)40-21-28-68(29-22-40)48(70)14-10-8-6-5-7-9-11-25-60-53(73)43-33-49(71)66(4)50(43)38-13-12-24-59-34-38/h12-13,15,17,24,31,34-37,40-41,43,45-47,50H,5-11,14,16,18-23,25-30,32-33H2,1-4H3,(H,60,73)(H,64,72)(H,61,62,63)/t41-,43-,45+,46-,47+,50+/m1/s1. The summed E-state index contributed by atoms with van der Waals surface area (Å²) in [5.41, 5.74) is 0.415. The largest absolute Gasteiger partial charge is 0.416 e. The van der Waals surface area contributed by atoms with Gasteiger partial charge in [-0.1, -0.05) is 38.2 Å². The van der Waals surface area contributed by atoms with Crippen molar-refractivity contribution in [1.82, 2.24) is 50.1 Å². The molecule has 1 aliphatic carbocycles. The molecule has 2 aromatic heterocycles. The molecule has 5 aliphatic rings. The lowest BCUT2D eigenvalue weighted by molar-refractivity contribution is -0.137. The molecule has 0 unspecified atom stereocenters. The highest BCUT2D eigenvalue weighted by Crippen LogP contribution is 2.38. The first-order valence-corrected chi connectivity index (χ1v) is 27.4. The van der Waals surface area contributed by atoms with E-state index in [1.807, 2.05) is 21.9 Å². The second kappa shape index (κ2) is 24.9. The van der Waals surface area contributed by atoms with Gasteiger partial charge in [-0.3, -0.25) is 29.0 Å². The molecule has 6 atom stereocenters. The Labute approximate surface area is 434 Å². The van der Waals surface area contributed by atoms with Crippen LogP contribution in [-0.2, 0) is 30.1 Å². The van der Waals surface area contributed by atoms with E-state index in [1.165, 1.54) is 12.4 Å². The predicted octanol–water partition coefficient (Wildman–Crippen LogP) is 6.96. The Balaban J connectivity index is 0.721. The average molecular weight is 1030 g/mol. The molecule has 0 bridgehead atoms. The van der Waals surface area contributed by atoms with Crippen LogP contribution in [0.2, 0.25) is 0 Å². The minimum absolute atomic E-state index is 0.0292. The van der Waals surface area contributed by atoms with E-state index in [4.69, 9.17) is 0 Å². The van der Waals surface area contributed by atoms with E-state index in [2.05, 4.69) is 61.6 Å². The van der Waals surface area contributed by atoms with Gasteiger partial charge in [0.1, 0.15) is 18.2 Å². The van der Waals surface area contributed by atoms with Gasteiger partial charge in [-0.2, -0.15) is 13.2 Å². The number of carbonyl (C=O) groups excluding carboxylic acids is 5. The molecular weight excluding hydrogens is 952 g/mol. The number of anilines is 1. The fourth-order valence-corrected chi connectivity index (χ4v) is 12.3. The van der Waals surface area contributed by atoms with Crippen molar-refractivity contribution in [2.24, 2.45) is 11.8 Å². The number of fused-ring (bicyclic) bond motifs is 1. The Hall–Kier alpha value is -5.43. The zero-order valence-electron chi connectivity index (χ0n) is 43.8. The van der Waals surface area contributed by atoms with Crippen LogP contribution in [0.25, 0.3) is 10.9 Å². The van der Waals surface area contributed by atoms with Crippen molar-refractivity contribution in [1.29, 1.82) is 0 Å². The number of amides is 5. The van der Waals surface area contributed by atoms with E-state index in [9.17, 15) is 37.1 Å². The number of benzene rings is 1. The van der Waals surface area contributed by atoms with Crippen LogP contribution in [0.5, 0.6) is 0 Å². The van der Waals surface area contributed by atoms with Crippen LogP contribution in [0.1, 0.15) is 140 Å². The van der Waals surface area contributed by atoms with E-state index in [0.29, 0.717) is 50.0 Å². The second-order valence-corrected chi connectivity index (χ2v) is 21.9. The smallest absolute Gasteiger partial charge is 0.358 e. The van der Waals surface area contributed by atoms with Gasteiger partial charge < -0.3 is 40.4 Å². The van der Waals surface area contributed by atoms with Gasteiger partial charge in [-0.05, 0) is 128 Å². The molecule has 0 radical (unpaired) electrons. The normalized spacial score (nSPS) is 24.6. The summed E-state index contributed by atoms with van der Waals surface area (Å²) in [6.07, 6.45) is 14.2. The molecule has 74 heavy (non-hydrogen) atoms. The van der Waals surface area contributed by atoms with Crippen LogP contribution in [-0.4, -0.2) is 159 Å². The molecular formula is C55H78F3N11O5. The number of pyridine rings is 1. The maximum Gasteiger partial charge on any atom is 0.416 e. The molecule has 1 saturated carbocycles. The number of piperidine rings is 2. The van der Waals surface area contributed by atoms with Crippen LogP contribution in [0.4, 0.5) is 19.0 Å². The zero-order valence-corrected chi connectivity index (χ0v) is 43.8. The summed E-state index contributed by atoms with van der Waals surface area (Å²) in [6, 6.07) is 6.59. The minimum Gasteiger partial charge on any atom is -0.358 e. The lowest BCUT2D eigenvalue weighted by Crippen LogP contribution is -2.59. The van der Waals surface area contributed by atoms with Gasteiger partial charge in [0.2, 0.25) is 29.5 Å². The molecule has 8 rings (SSSR count). The number of hydrogen-bond donors (Lipinski definition) is 3. The highest BCUT2D eigenvalue weighted by atomic mass is 19.4. The quantitative estimate of drug-likeness (QED) is 0.0998. The van der Waals surface area contributed by atoms with Crippen LogP contribution >= 0.6 is 0 Å². The molecule has 5 fully saturated rings. The van der Waals surface area contributed by atoms with E-state index in [0.717, 1.165) is 127 Å². The van der Waals surface area contributed by atoms with Crippen molar-refractivity contribution in [2.75, 3.05) is 58.7 Å². The fourth-order valence-electron chi connectivity index (χ4n) is 12.3. The Morgan fingerprint density at radius 2 is 1.58 bits per heavy atom. The van der Waals surface area contributed by atoms with Gasteiger partial charge in [0.05, 0.1) is 35.1 Å². The summed E-state index contributed by atoms with van der Waals surface area (Å²) < 4.78 is 40.9. The van der Waals surface area contributed by atoms with Crippen molar-refractivity contribution >= 4 is 46.3 Å². The zero-order chi connectivity index (χ0) is 52.5. The third-order valence-electron chi connectivity index (χ3n) is 17.0. The number of aromatic nitrogens is 3. The number of carbonyl (C=O) groups is 5. The lowest BCUT2D eigenvalue weighted by Gasteiger charge is -2.45. The number of likely N-dealkylation sites (tertiary alicyclic amines) is 4. The van der Waals surface area contributed by atoms with Crippen molar-refractivity contribution < 1.29 is 37.1 Å². The topological polar surface area (TPSA) is 176 Å². The van der Waals surface area contributed by atoms with E-state index >= 15 is 0 Å². The molecule has 3 N–H and O–H groups in total. The number of nitrogens with zero attached hydrogens (tertiary/aromatic N) is 8. The van der Waals surface area contributed by atoms with Gasteiger partial charge in [-0.15, -0.1) is 0 Å². The molecule has 4 saturated heterocycles. The summed E-state index contributed by atoms with van der Waals surface area (Å²) in [5, 5.41) is 9.86. The van der Waals surface area contributed by atoms with Crippen LogP contribution in [0.15, 0.2) is 49.1 Å². The first kappa shape index (κ1) is 54.8. The van der Waals surface area contributed by atoms with Gasteiger partial charge in [-0.25, -0.2) is 9.97 Å². The number of alkyl halides is 3. The average Bonchev–Trinajstić information content (AvgIpc) is 3.92. The maximum absolute atomic E-state index is 14.1. The van der Waals surface area contributed by atoms with Gasteiger partial charge >= 0.3 is 6.18 Å². The van der Waals surface area contributed by atoms with Gasteiger partial charge in [0, 0.05) is 87.9 Å². The molecule has 404 valence electrons. The molecule has 3 aromatic rings. The van der Waals surface area contributed by atoms with Crippen LogP contribution < -0.4 is 16.0 Å². The van der Waals surface area contributed by atoms with Crippen molar-refractivity contribution in [3.05, 3.63) is 60.2 Å². The second-order valence-electron chi connectivity index (χ2n) is 21.9. The lowest BCUT2D eigenvalue weighted by atomic mass is 9.83. The molecule has 6 heterocycles. The number of hydrogen-bond acceptors (Lipinski definition) is 11. The third kappa shape index (κ3) is 13.3. The monoisotopic (exact) mass is 1030 g/mol. The van der Waals surface area contributed by atoms with E-state index < -0.39 is 23.7 Å². The van der Waals surface area contributed by atoms with E-state index in [1.54, 1.807) is 24.3 Å². The molecule has 4 aliphatic heterocycles. The SMILES string of the molecule is CC(C)N(C)[C@@H]1CC[C@H](N2CC[C@H](Nc3ncnc4ccc(C(F)(F)F)cc34)C2=O)[C@H](NC(=O)C2CCN(C3CCN(C(=O)CCCCCCCCCNC(=O)[C@@H]4CC(=O)N(C)[C@H]4c4cccnc4)CC3)CC2)C1. The molecule has 19 heteroatoms. The Kier molecular flexibility index (Phi) is 18.5. The summed E-state index contributed by atoms with van der Waals surface area (Å²) in [7, 11) is 3.86. The van der Waals surface area contributed by atoms with E-state index in [-0.39, 0.29) is 77.2 Å². The maximum atomic E-state index is 14.1. The van der Waals surface area contributed by atoms with Crippen molar-refractivity contribution in [2.45, 2.75) is 171 Å². The molecule has 1 aromatic carbocycles. The Morgan fingerprint density at radius 1 is 0.851 bits per heavy atom. The summed E-state index contributed by atoms with van der Waals surface area (Å²) in [6.45, 7) is 8.54. The first-order chi connectivity index (χ1) is 35.6. The van der Waals surface area contributed by atoms with Crippen molar-refractivity contribution in [3.63, 3.8) is 0 Å².